The molecule has 3 rings (SSSR count). The maximum atomic E-state index is 12.3. The van der Waals surface area contributed by atoms with Crippen LogP contribution in [0.25, 0.3) is 22.0 Å². The van der Waals surface area contributed by atoms with Crippen molar-refractivity contribution in [3.05, 3.63) is 63.4 Å². The third kappa shape index (κ3) is 2.32. The molecule has 0 saturated heterocycles. The zero-order valence-electron chi connectivity index (χ0n) is 13.3. The molecule has 2 aromatic carbocycles. The van der Waals surface area contributed by atoms with E-state index in [9.17, 15) is 9.90 Å². The Balaban J connectivity index is 2.55. The quantitative estimate of drug-likeness (QED) is 0.628. The van der Waals surface area contributed by atoms with Gasteiger partial charge in [0.05, 0.1) is 5.52 Å². The minimum absolute atomic E-state index is 0.0449. The number of aromatic nitrogens is 1. The van der Waals surface area contributed by atoms with E-state index in [1.54, 1.807) is 26.8 Å². The zero-order chi connectivity index (χ0) is 16.7. The maximum Gasteiger partial charge on any atom is 0.251 e. The highest BCUT2D eigenvalue weighted by Crippen LogP contribution is 2.35. The van der Waals surface area contributed by atoms with E-state index in [-0.39, 0.29) is 17.0 Å². The summed E-state index contributed by atoms with van der Waals surface area (Å²) < 4.78 is 0. The number of phenolic OH excluding ortho intramolecular Hbond substituents is 1. The Morgan fingerprint density at radius 2 is 1.78 bits per heavy atom. The van der Waals surface area contributed by atoms with Crippen LogP contribution in [0.15, 0.2) is 41.2 Å². The summed E-state index contributed by atoms with van der Waals surface area (Å²) in [6.45, 7) is 5.19. The van der Waals surface area contributed by atoms with E-state index in [1.807, 2.05) is 30.3 Å². The number of rotatable bonds is 2. The third-order valence-electron chi connectivity index (χ3n) is 4.23. The van der Waals surface area contributed by atoms with Crippen LogP contribution in [0.4, 0.5) is 0 Å². The Labute approximate surface area is 133 Å². The second kappa shape index (κ2) is 5.39. The van der Waals surface area contributed by atoms with Crippen LogP contribution < -0.4 is 5.56 Å². The summed E-state index contributed by atoms with van der Waals surface area (Å²) in [7, 11) is 0. The first-order valence-electron chi connectivity index (χ1n) is 7.42. The third-order valence-corrected chi connectivity index (χ3v) is 4.23. The second-order valence-electron chi connectivity index (χ2n) is 5.77. The molecule has 1 heterocycles. The number of pyridine rings is 1. The molecule has 0 saturated carbocycles. The molecule has 0 bridgehead atoms. The molecule has 3 aromatic rings. The van der Waals surface area contributed by atoms with E-state index in [1.165, 1.54) is 0 Å². The van der Waals surface area contributed by atoms with Gasteiger partial charge < -0.3 is 15.5 Å². The average molecular weight is 306 g/mol. The van der Waals surface area contributed by atoms with Crippen molar-refractivity contribution in [1.29, 1.82) is 5.41 Å². The van der Waals surface area contributed by atoms with Crippen molar-refractivity contribution in [2.24, 2.45) is 0 Å². The Morgan fingerprint density at radius 1 is 1.13 bits per heavy atom. The first-order valence-corrected chi connectivity index (χ1v) is 7.42. The van der Waals surface area contributed by atoms with Gasteiger partial charge >= 0.3 is 0 Å². The lowest BCUT2D eigenvalue weighted by molar-refractivity contribution is 0.471. The second-order valence-corrected chi connectivity index (χ2v) is 5.77. The maximum absolute atomic E-state index is 12.3. The fourth-order valence-corrected chi connectivity index (χ4v) is 2.95. The van der Waals surface area contributed by atoms with Crippen molar-refractivity contribution < 1.29 is 5.11 Å². The lowest BCUT2D eigenvalue weighted by Gasteiger charge is -2.15. The molecule has 0 atom stereocenters. The normalized spacial score (nSPS) is 10.9. The van der Waals surface area contributed by atoms with Gasteiger partial charge in [0.2, 0.25) is 0 Å². The molecule has 116 valence electrons. The van der Waals surface area contributed by atoms with Crippen molar-refractivity contribution in [3.8, 4) is 16.9 Å². The van der Waals surface area contributed by atoms with Crippen LogP contribution in [0.1, 0.15) is 23.6 Å². The first kappa shape index (κ1) is 15.0. The summed E-state index contributed by atoms with van der Waals surface area (Å²) >= 11 is 0. The highest BCUT2D eigenvalue weighted by Gasteiger charge is 2.17. The van der Waals surface area contributed by atoms with Crippen molar-refractivity contribution >= 4 is 16.6 Å². The molecular weight excluding hydrogens is 288 g/mol. The van der Waals surface area contributed by atoms with Gasteiger partial charge in [-0.3, -0.25) is 4.79 Å². The van der Waals surface area contributed by atoms with Crippen LogP contribution in [0.2, 0.25) is 0 Å². The number of aromatic amines is 1. The molecule has 0 spiro atoms. The van der Waals surface area contributed by atoms with Gasteiger partial charge in [0.15, 0.2) is 0 Å². The molecule has 0 radical (unpaired) electrons. The number of nitrogens with one attached hydrogen (secondary N) is 2. The summed E-state index contributed by atoms with van der Waals surface area (Å²) in [5.74, 6) is 0.0449. The number of benzene rings is 2. The van der Waals surface area contributed by atoms with Gasteiger partial charge in [-0.15, -0.1) is 0 Å². The van der Waals surface area contributed by atoms with Gasteiger partial charge in [-0.05, 0) is 38.0 Å². The van der Waals surface area contributed by atoms with Crippen LogP contribution in [-0.4, -0.2) is 15.8 Å². The highest BCUT2D eigenvalue weighted by molar-refractivity contribution is 6.07. The minimum atomic E-state index is -0.168. The molecule has 4 heteroatoms. The standard InChI is InChI=1S/C19H18N2O2/c1-10-16(13-7-5-4-6-8-13)15-9-14(12(3)20)18(22)11(2)17(15)21-19(10)23/h4-9,20,22H,1-3H3,(H,21,23). The molecule has 4 nitrogen and oxygen atoms in total. The number of aromatic hydroxyl groups is 1. The van der Waals surface area contributed by atoms with Gasteiger partial charge in [0.1, 0.15) is 5.75 Å². The Bertz CT molecular complexity index is 986. The molecule has 0 aliphatic rings. The van der Waals surface area contributed by atoms with Crippen molar-refractivity contribution in [1.82, 2.24) is 4.98 Å². The van der Waals surface area contributed by atoms with Gasteiger partial charge in [0, 0.05) is 27.8 Å². The molecule has 3 N–H and O–H groups in total. The SMILES string of the molecule is CC(=N)c1cc2c(-c3ccccc3)c(C)c(=O)[nH]c2c(C)c1O. The van der Waals surface area contributed by atoms with Gasteiger partial charge in [-0.25, -0.2) is 0 Å². The Hall–Kier alpha value is -2.88. The number of fused-ring (bicyclic) bond motifs is 1. The number of H-pyrrole nitrogens is 1. The van der Waals surface area contributed by atoms with E-state index in [0.29, 0.717) is 22.2 Å². The minimum Gasteiger partial charge on any atom is -0.507 e. The van der Waals surface area contributed by atoms with Crippen molar-refractivity contribution in [3.63, 3.8) is 0 Å². The lowest BCUT2D eigenvalue weighted by Crippen LogP contribution is -2.12. The molecule has 1 aromatic heterocycles. The average Bonchev–Trinajstić information content (AvgIpc) is 2.53. The first-order chi connectivity index (χ1) is 10.9. The van der Waals surface area contributed by atoms with E-state index in [0.717, 1.165) is 16.5 Å². The summed E-state index contributed by atoms with van der Waals surface area (Å²) in [5.41, 5.74) is 4.21. The van der Waals surface area contributed by atoms with Crippen LogP contribution >= 0.6 is 0 Å². The number of hydrogen-bond acceptors (Lipinski definition) is 3. The summed E-state index contributed by atoms with van der Waals surface area (Å²) in [6.07, 6.45) is 0. The highest BCUT2D eigenvalue weighted by atomic mass is 16.3. The molecule has 0 aliphatic carbocycles. The summed E-state index contributed by atoms with van der Waals surface area (Å²) in [5, 5.41) is 19.1. The smallest absolute Gasteiger partial charge is 0.251 e. The fraction of sp³-hybridized carbons (Fsp3) is 0.158. The summed E-state index contributed by atoms with van der Waals surface area (Å²) in [6, 6.07) is 11.5. The Kier molecular flexibility index (Phi) is 3.52. The number of phenols is 1. The fourth-order valence-electron chi connectivity index (χ4n) is 2.95. The van der Waals surface area contributed by atoms with Crippen molar-refractivity contribution in [2.75, 3.05) is 0 Å². The van der Waals surface area contributed by atoms with Crippen LogP contribution in [0, 0.1) is 19.3 Å². The van der Waals surface area contributed by atoms with Gasteiger partial charge in [-0.2, -0.15) is 0 Å². The zero-order valence-corrected chi connectivity index (χ0v) is 13.3. The topological polar surface area (TPSA) is 76.9 Å². The monoisotopic (exact) mass is 306 g/mol. The predicted molar refractivity (Wildman–Crippen MR) is 93.6 cm³/mol. The molecule has 0 fully saturated rings. The Morgan fingerprint density at radius 3 is 2.39 bits per heavy atom. The van der Waals surface area contributed by atoms with E-state index < -0.39 is 0 Å². The van der Waals surface area contributed by atoms with Crippen LogP contribution in [-0.2, 0) is 0 Å². The van der Waals surface area contributed by atoms with Gasteiger partial charge in [-0.1, -0.05) is 30.3 Å². The molecule has 23 heavy (non-hydrogen) atoms. The molecule has 0 unspecified atom stereocenters. The molecule has 0 aliphatic heterocycles. The van der Waals surface area contributed by atoms with E-state index >= 15 is 0 Å². The molecular formula is C19H18N2O2. The van der Waals surface area contributed by atoms with E-state index in [2.05, 4.69) is 4.98 Å². The summed E-state index contributed by atoms with van der Waals surface area (Å²) in [4.78, 5) is 15.2. The van der Waals surface area contributed by atoms with Gasteiger partial charge in [0.25, 0.3) is 5.56 Å². The predicted octanol–water partition coefficient (Wildman–Crippen LogP) is 3.91. The van der Waals surface area contributed by atoms with Crippen LogP contribution in [0.3, 0.4) is 0 Å². The van der Waals surface area contributed by atoms with E-state index in [4.69, 9.17) is 5.41 Å². The van der Waals surface area contributed by atoms with Crippen molar-refractivity contribution in [2.45, 2.75) is 20.8 Å². The number of aryl methyl sites for hydroxylation is 1. The largest absolute Gasteiger partial charge is 0.507 e. The van der Waals surface area contributed by atoms with Crippen LogP contribution in [0.5, 0.6) is 5.75 Å². The molecule has 0 amide bonds. The lowest BCUT2D eigenvalue weighted by atomic mass is 9.93. The number of hydrogen-bond donors (Lipinski definition) is 3.